The lowest BCUT2D eigenvalue weighted by atomic mass is 10.2. The van der Waals surface area contributed by atoms with E-state index in [0.717, 1.165) is 16.8 Å². The highest BCUT2D eigenvalue weighted by molar-refractivity contribution is 8.26. The van der Waals surface area contributed by atoms with Crippen LogP contribution in [0.5, 0.6) is 11.5 Å². The number of esters is 1. The molecule has 0 spiro atoms. The molecular weight excluding hydrogens is 508 g/mol. The van der Waals surface area contributed by atoms with Gasteiger partial charge in [0.25, 0.3) is 11.8 Å². The summed E-state index contributed by atoms with van der Waals surface area (Å²) in [6.07, 6.45) is 1.64. The van der Waals surface area contributed by atoms with E-state index in [1.807, 2.05) is 0 Å². The molecule has 1 aliphatic rings. The van der Waals surface area contributed by atoms with E-state index in [1.54, 1.807) is 86.0 Å². The zero-order valence-electron chi connectivity index (χ0n) is 18.2. The minimum absolute atomic E-state index is 0.202. The van der Waals surface area contributed by atoms with Gasteiger partial charge in [0.05, 0.1) is 17.6 Å². The molecule has 0 aromatic heterocycles. The molecule has 1 N–H and O–H groups in total. The van der Waals surface area contributed by atoms with Crippen LogP contribution < -0.4 is 14.9 Å². The van der Waals surface area contributed by atoms with Crippen molar-refractivity contribution in [3.05, 3.63) is 99.4 Å². The molecule has 35 heavy (non-hydrogen) atoms. The number of rotatable bonds is 6. The molecule has 1 aliphatic heterocycles. The summed E-state index contributed by atoms with van der Waals surface area (Å²) < 4.78 is 10.7. The third-order valence-electron chi connectivity index (χ3n) is 4.83. The number of ether oxygens (including phenoxy) is 2. The van der Waals surface area contributed by atoms with Crippen molar-refractivity contribution >= 4 is 63.8 Å². The van der Waals surface area contributed by atoms with Crippen molar-refractivity contribution in [2.24, 2.45) is 0 Å². The molecule has 10 heteroatoms. The molecule has 4 rings (SSSR count). The Kier molecular flexibility index (Phi) is 7.50. The summed E-state index contributed by atoms with van der Waals surface area (Å²) in [5.74, 6) is -0.441. The van der Waals surface area contributed by atoms with Gasteiger partial charge in [-0.25, -0.2) is 4.79 Å². The van der Waals surface area contributed by atoms with Crippen molar-refractivity contribution in [2.45, 2.75) is 0 Å². The quantitative estimate of drug-likeness (QED) is 0.207. The average Bonchev–Trinajstić information content (AvgIpc) is 3.12. The largest absolute Gasteiger partial charge is 0.497 e. The van der Waals surface area contributed by atoms with Gasteiger partial charge in [-0.1, -0.05) is 35.5 Å². The Morgan fingerprint density at radius 3 is 2.17 bits per heavy atom. The molecule has 3 aromatic rings. The number of amides is 2. The van der Waals surface area contributed by atoms with Crippen molar-refractivity contribution in [3.8, 4) is 11.5 Å². The SMILES string of the molecule is COc1ccc(C(=O)Oc2ccc(/C=C3/SC(=S)N(NC(=O)c4ccc(Cl)cc4)C3=O)cc2)cc1. The van der Waals surface area contributed by atoms with E-state index in [9.17, 15) is 14.4 Å². The predicted molar refractivity (Wildman–Crippen MR) is 138 cm³/mol. The van der Waals surface area contributed by atoms with Crippen LogP contribution in [0.2, 0.25) is 5.02 Å². The summed E-state index contributed by atoms with van der Waals surface area (Å²) in [5, 5.41) is 1.53. The number of carbonyl (C=O) groups excluding carboxylic acids is 3. The standard InChI is InChI=1S/C25H17ClN2O5S2/c1-32-19-12-6-17(7-13-19)24(31)33-20-10-2-15(3-11-20)14-21-23(30)28(25(34)35-21)27-22(29)16-4-8-18(26)9-5-16/h2-14H,1H3,(H,27,29)/b21-14+. The van der Waals surface area contributed by atoms with Gasteiger partial charge in [0.15, 0.2) is 4.32 Å². The molecule has 0 unspecified atom stereocenters. The van der Waals surface area contributed by atoms with Gasteiger partial charge in [0, 0.05) is 10.6 Å². The van der Waals surface area contributed by atoms with E-state index < -0.39 is 17.8 Å². The molecular formula is C25H17ClN2O5S2. The van der Waals surface area contributed by atoms with Crippen LogP contribution in [0, 0.1) is 0 Å². The monoisotopic (exact) mass is 524 g/mol. The average molecular weight is 525 g/mol. The number of hydrazine groups is 1. The fourth-order valence-electron chi connectivity index (χ4n) is 3.01. The van der Waals surface area contributed by atoms with Crippen LogP contribution in [0.3, 0.4) is 0 Å². The second-order valence-corrected chi connectivity index (χ2v) is 9.26. The first kappa shape index (κ1) is 24.5. The van der Waals surface area contributed by atoms with Crippen LogP contribution in [0.1, 0.15) is 26.3 Å². The lowest BCUT2D eigenvalue weighted by Gasteiger charge is -2.15. The zero-order valence-corrected chi connectivity index (χ0v) is 20.6. The van der Waals surface area contributed by atoms with Gasteiger partial charge in [-0.05, 0) is 84.5 Å². The number of hydrogen-bond donors (Lipinski definition) is 1. The van der Waals surface area contributed by atoms with E-state index >= 15 is 0 Å². The van der Waals surface area contributed by atoms with Gasteiger partial charge in [0.1, 0.15) is 11.5 Å². The number of hydrogen-bond acceptors (Lipinski definition) is 7. The summed E-state index contributed by atoms with van der Waals surface area (Å²) in [5.41, 5.74) is 3.94. The van der Waals surface area contributed by atoms with Crippen LogP contribution in [0.25, 0.3) is 6.08 Å². The highest BCUT2D eigenvalue weighted by Gasteiger charge is 2.33. The van der Waals surface area contributed by atoms with Gasteiger partial charge in [-0.2, -0.15) is 5.01 Å². The summed E-state index contributed by atoms with van der Waals surface area (Å²) in [7, 11) is 1.55. The molecule has 0 radical (unpaired) electrons. The lowest BCUT2D eigenvalue weighted by molar-refractivity contribution is -0.123. The molecule has 0 saturated carbocycles. The number of carbonyl (C=O) groups is 3. The second kappa shape index (κ2) is 10.7. The van der Waals surface area contributed by atoms with Gasteiger partial charge >= 0.3 is 5.97 Å². The number of thiocarbonyl (C=S) groups is 1. The maximum atomic E-state index is 12.8. The van der Waals surface area contributed by atoms with Crippen molar-refractivity contribution in [1.82, 2.24) is 10.4 Å². The predicted octanol–water partition coefficient (Wildman–Crippen LogP) is 5.11. The minimum atomic E-state index is -0.502. The number of nitrogens with zero attached hydrogens (tertiary/aromatic N) is 1. The molecule has 1 heterocycles. The summed E-state index contributed by atoms with van der Waals surface area (Å²) in [6.45, 7) is 0. The number of methoxy groups -OCH3 is 1. The topological polar surface area (TPSA) is 84.9 Å². The normalized spacial score (nSPS) is 14.2. The molecule has 0 atom stereocenters. The van der Waals surface area contributed by atoms with E-state index in [4.69, 9.17) is 33.3 Å². The number of benzene rings is 3. The number of thioether (sulfide) groups is 1. The second-order valence-electron chi connectivity index (χ2n) is 7.15. The third-order valence-corrected chi connectivity index (χ3v) is 6.38. The van der Waals surface area contributed by atoms with Gasteiger partial charge in [0.2, 0.25) is 0 Å². The molecule has 7 nitrogen and oxygen atoms in total. The molecule has 176 valence electrons. The first-order chi connectivity index (χ1) is 16.8. The Morgan fingerprint density at radius 2 is 1.54 bits per heavy atom. The first-order valence-electron chi connectivity index (χ1n) is 10.1. The van der Waals surface area contributed by atoms with Crippen molar-refractivity contribution in [3.63, 3.8) is 0 Å². The van der Waals surface area contributed by atoms with E-state index in [0.29, 0.717) is 38.1 Å². The van der Waals surface area contributed by atoms with Crippen molar-refractivity contribution in [2.75, 3.05) is 7.11 Å². The molecule has 0 bridgehead atoms. The van der Waals surface area contributed by atoms with Crippen LogP contribution in [0.4, 0.5) is 0 Å². The molecule has 2 amide bonds. The number of nitrogens with one attached hydrogen (secondary N) is 1. The van der Waals surface area contributed by atoms with E-state index in [2.05, 4.69) is 5.43 Å². The highest BCUT2D eigenvalue weighted by atomic mass is 35.5. The third kappa shape index (κ3) is 5.89. The Hall–Kier alpha value is -3.66. The Bertz CT molecular complexity index is 1320. The summed E-state index contributed by atoms with van der Waals surface area (Å²) in [6, 6.07) is 19.5. The zero-order chi connectivity index (χ0) is 24.9. The van der Waals surface area contributed by atoms with Crippen LogP contribution in [0.15, 0.2) is 77.7 Å². The minimum Gasteiger partial charge on any atom is -0.497 e. The molecule has 3 aromatic carbocycles. The maximum absolute atomic E-state index is 12.8. The number of halogens is 1. The molecule has 0 aliphatic carbocycles. The smallest absolute Gasteiger partial charge is 0.343 e. The maximum Gasteiger partial charge on any atom is 0.343 e. The van der Waals surface area contributed by atoms with Crippen molar-refractivity contribution in [1.29, 1.82) is 0 Å². The van der Waals surface area contributed by atoms with Crippen LogP contribution in [-0.2, 0) is 4.79 Å². The van der Waals surface area contributed by atoms with Crippen LogP contribution in [-0.4, -0.2) is 34.2 Å². The van der Waals surface area contributed by atoms with E-state index in [-0.39, 0.29) is 4.32 Å². The Labute approximate surface area is 215 Å². The Balaban J connectivity index is 1.40. The lowest BCUT2D eigenvalue weighted by Crippen LogP contribution is -2.44. The van der Waals surface area contributed by atoms with Gasteiger partial charge in [-0.15, -0.1) is 0 Å². The highest BCUT2D eigenvalue weighted by Crippen LogP contribution is 2.32. The summed E-state index contributed by atoms with van der Waals surface area (Å²) in [4.78, 5) is 37.9. The van der Waals surface area contributed by atoms with E-state index in [1.165, 1.54) is 0 Å². The first-order valence-corrected chi connectivity index (χ1v) is 11.7. The van der Waals surface area contributed by atoms with Gasteiger partial charge in [-0.3, -0.25) is 15.0 Å². The van der Waals surface area contributed by atoms with Crippen LogP contribution >= 0.6 is 35.6 Å². The molecule has 1 fully saturated rings. The fraction of sp³-hybridized carbons (Fsp3) is 0.0400. The molecule has 1 saturated heterocycles. The summed E-state index contributed by atoms with van der Waals surface area (Å²) >= 11 is 12.2. The fourth-order valence-corrected chi connectivity index (χ4v) is 4.31. The van der Waals surface area contributed by atoms with Gasteiger partial charge < -0.3 is 9.47 Å². The Morgan fingerprint density at radius 1 is 0.943 bits per heavy atom. The van der Waals surface area contributed by atoms with Crippen molar-refractivity contribution < 1.29 is 23.9 Å².